The van der Waals surface area contributed by atoms with Crippen molar-refractivity contribution in [2.75, 3.05) is 0 Å². The standard InChI is InChI=1S/C10H6Cl2O/c11-7-3-5-6(4-8(7)12)10-2-1-9(5)13-10/h1-4,9-10H/t9-,10+. The van der Waals surface area contributed by atoms with E-state index >= 15 is 0 Å². The molecule has 1 aromatic carbocycles. The Bertz CT molecular complexity index is 375. The van der Waals surface area contributed by atoms with Gasteiger partial charge in [0.1, 0.15) is 12.2 Å². The average Bonchev–Trinajstić information content (AvgIpc) is 2.67. The fourth-order valence-electron chi connectivity index (χ4n) is 1.87. The highest BCUT2D eigenvalue weighted by molar-refractivity contribution is 6.42. The fourth-order valence-corrected chi connectivity index (χ4v) is 2.22. The Morgan fingerprint density at radius 1 is 0.923 bits per heavy atom. The minimum Gasteiger partial charge on any atom is -0.357 e. The maximum absolute atomic E-state index is 5.92. The van der Waals surface area contributed by atoms with Crippen molar-refractivity contribution in [3.05, 3.63) is 45.5 Å². The van der Waals surface area contributed by atoms with Crippen molar-refractivity contribution in [2.45, 2.75) is 12.2 Å². The first-order valence-electron chi connectivity index (χ1n) is 4.08. The molecule has 13 heavy (non-hydrogen) atoms. The maximum atomic E-state index is 5.92. The molecule has 66 valence electrons. The molecule has 2 heterocycles. The third-order valence-corrected chi connectivity index (χ3v) is 3.22. The lowest BCUT2D eigenvalue weighted by molar-refractivity contribution is 0.0878. The molecule has 0 N–H and O–H groups in total. The monoisotopic (exact) mass is 212 g/mol. The zero-order chi connectivity index (χ0) is 9.00. The Morgan fingerprint density at radius 2 is 1.38 bits per heavy atom. The van der Waals surface area contributed by atoms with Gasteiger partial charge < -0.3 is 4.74 Å². The molecule has 2 atom stereocenters. The number of rotatable bonds is 0. The van der Waals surface area contributed by atoms with Crippen molar-refractivity contribution in [1.82, 2.24) is 0 Å². The number of hydrogen-bond acceptors (Lipinski definition) is 1. The van der Waals surface area contributed by atoms with Crippen LogP contribution in [0.5, 0.6) is 0 Å². The lowest BCUT2D eigenvalue weighted by atomic mass is 9.97. The highest BCUT2D eigenvalue weighted by atomic mass is 35.5. The Hall–Kier alpha value is -0.500. The summed E-state index contributed by atoms with van der Waals surface area (Å²) in [6.07, 6.45) is 4.29. The minimum atomic E-state index is 0.0924. The summed E-state index contributed by atoms with van der Waals surface area (Å²) in [6, 6.07) is 3.79. The van der Waals surface area contributed by atoms with Crippen LogP contribution in [0.1, 0.15) is 23.3 Å². The Labute approximate surface area is 85.9 Å². The lowest BCUT2D eigenvalue weighted by Gasteiger charge is -2.07. The van der Waals surface area contributed by atoms with E-state index in [1.54, 1.807) is 0 Å². The van der Waals surface area contributed by atoms with Crippen LogP contribution in [-0.2, 0) is 4.74 Å². The van der Waals surface area contributed by atoms with Gasteiger partial charge in [-0.2, -0.15) is 0 Å². The molecule has 2 aliphatic rings. The molecule has 0 saturated carbocycles. The van der Waals surface area contributed by atoms with Crippen LogP contribution in [-0.4, -0.2) is 0 Å². The quantitative estimate of drug-likeness (QED) is 0.597. The Kier molecular flexibility index (Phi) is 1.51. The first-order chi connectivity index (χ1) is 6.25. The number of ether oxygens (including phenoxy) is 1. The molecular formula is C10H6Cl2O. The predicted molar refractivity (Wildman–Crippen MR) is 52.2 cm³/mol. The second-order valence-electron chi connectivity index (χ2n) is 3.26. The summed E-state index contributed by atoms with van der Waals surface area (Å²) in [6.45, 7) is 0. The third kappa shape index (κ3) is 0.983. The highest BCUT2D eigenvalue weighted by Crippen LogP contribution is 2.47. The molecule has 0 aliphatic carbocycles. The SMILES string of the molecule is Clc1cc2c(cc1Cl)[C@H]1C=C[C@@H]2O1. The summed E-state index contributed by atoms with van der Waals surface area (Å²) >= 11 is 11.8. The van der Waals surface area contributed by atoms with Crippen LogP contribution in [0.25, 0.3) is 0 Å². The van der Waals surface area contributed by atoms with Gasteiger partial charge in [0.25, 0.3) is 0 Å². The van der Waals surface area contributed by atoms with Crippen LogP contribution < -0.4 is 0 Å². The largest absolute Gasteiger partial charge is 0.357 e. The summed E-state index contributed by atoms with van der Waals surface area (Å²) in [5.74, 6) is 0. The molecule has 0 spiro atoms. The van der Waals surface area contributed by atoms with E-state index in [9.17, 15) is 0 Å². The van der Waals surface area contributed by atoms with Crippen molar-refractivity contribution < 1.29 is 4.74 Å². The van der Waals surface area contributed by atoms with Crippen LogP contribution in [0.4, 0.5) is 0 Å². The molecule has 0 fully saturated rings. The van der Waals surface area contributed by atoms with Crippen molar-refractivity contribution in [3.8, 4) is 0 Å². The highest BCUT2D eigenvalue weighted by Gasteiger charge is 2.33. The normalized spacial score (nSPS) is 28.2. The molecule has 0 aromatic heterocycles. The van der Waals surface area contributed by atoms with E-state index in [1.165, 1.54) is 0 Å². The molecule has 2 aliphatic heterocycles. The van der Waals surface area contributed by atoms with E-state index in [-0.39, 0.29) is 12.2 Å². The van der Waals surface area contributed by atoms with E-state index < -0.39 is 0 Å². The van der Waals surface area contributed by atoms with Crippen molar-refractivity contribution in [1.29, 1.82) is 0 Å². The fraction of sp³-hybridized carbons (Fsp3) is 0.200. The van der Waals surface area contributed by atoms with Gasteiger partial charge in [0, 0.05) is 0 Å². The van der Waals surface area contributed by atoms with Gasteiger partial charge >= 0.3 is 0 Å². The van der Waals surface area contributed by atoms with E-state index in [0.717, 1.165) is 11.1 Å². The molecule has 0 amide bonds. The Morgan fingerprint density at radius 3 is 1.85 bits per heavy atom. The van der Waals surface area contributed by atoms with Crippen LogP contribution in [0.15, 0.2) is 24.3 Å². The Balaban J connectivity index is 2.25. The van der Waals surface area contributed by atoms with Gasteiger partial charge in [-0.15, -0.1) is 0 Å². The summed E-state index contributed by atoms with van der Waals surface area (Å²) in [5.41, 5.74) is 2.31. The summed E-state index contributed by atoms with van der Waals surface area (Å²) in [5, 5.41) is 1.20. The van der Waals surface area contributed by atoms with Gasteiger partial charge in [-0.3, -0.25) is 0 Å². The van der Waals surface area contributed by atoms with Crippen LogP contribution in [0, 0.1) is 0 Å². The molecule has 0 saturated heterocycles. The lowest BCUT2D eigenvalue weighted by Crippen LogP contribution is -1.92. The third-order valence-electron chi connectivity index (χ3n) is 2.49. The van der Waals surface area contributed by atoms with Crippen LogP contribution in [0.3, 0.4) is 0 Å². The predicted octanol–water partition coefficient (Wildman–Crippen LogP) is 3.68. The molecule has 0 radical (unpaired) electrons. The minimum absolute atomic E-state index is 0.0924. The summed E-state index contributed by atoms with van der Waals surface area (Å²) in [7, 11) is 0. The molecule has 2 bridgehead atoms. The van der Waals surface area contributed by atoms with Crippen molar-refractivity contribution in [2.24, 2.45) is 0 Å². The maximum Gasteiger partial charge on any atom is 0.102 e. The second-order valence-corrected chi connectivity index (χ2v) is 4.07. The van der Waals surface area contributed by atoms with Crippen LogP contribution >= 0.6 is 23.2 Å². The molecule has 0 unspecified atom stereocenters. The molecule has 3 rings (SSSR count). The summed E-state index contributed by atoms with van der Waals surface area (Å²) in [4.78, 5) is 0. The number of fused-ring (bicyclic) bond motifs is 5. The van der Waals surface area contributed by atoms with Gasteiger partial charge in [0.05, 0.1) is 10.0 Å². The van der Waals surface area contributed by atoms with Gasteiger partial charge in [-0.25, -0.2) is 0 Å². The molecule has 1 aromatic rings. The van der Waals surface area contributed by atoms with Gasteiger partial charge in [-0.1, -0.05) is 35.4 Å². The van der Waals surface area contributed by atoms with Gasteiger partial charge in [0.15, 0.2) is 0 Å². The molecule has 3 heteroatoms. The summed E-state index contributed by atoms with van der Waals surface area (Å²) < 4.78 is 5.62. The van der Waals surface area contributed by atoms with E-state index in [0.29, 0.717) is 10.0 Å². The number of benzene rings is 1. The van der Waals surface area contributed by atoms with E-state index in [2.05, 4.69) is 12.2 Å². The topological polar surface area (TPSA) is 9.23 Å². The van der Waals surface area contributed by atoms with Crippen molar-refractivity contribution in [3.63, 3.8) is 0 Å². The average molecular weight is 213 g/mol. The molecule has 1 nitrogen and oxygen atoms in total. The first kappa shape index (κ1) is 7.86. The number of halogens is 2. The van der Waals surface area contributed by atoms with E-state index in [4.69, 9.17) is 27.9 Å². The number of hydrogen-bond donors (Lipinski definition) is 0. The second kappa shape index (κ2) is 2.50. The zero-order valence-electron chi connectivity index (χ0n) is 6.63. The van der Waals surface area contributed by atoms with Crippen LogP contribution in [0.2, 0.25) is 10.0 Å². The van der Waals surface area contributed by atoms with Gasteiger partial charge in [-0.05, 0) is 23.3 Å². The zero-order valence-corrected chi connectivity index (χ0v) is 8.14. The first-order valence-corrected chi connectivity index (χ1v) is 4.84. The van der Waals surface area contributed by atoms with Crippen molar-refractivity contribution >= 4 is 23.2 Å². The van der Waals surface area contributed by atoms with Gasteiger partial charge in [0.2, 0.25) is 0 Å². The van der Waals surface area contributed by atoms with E-state index in [1.807, 2.05) is 12.1 Å². The smallest absolute Gasteiger partial charge is 0.102 e. The molecular weight excluding hydrogens is 207 g/mol.